The second-order valence-corrected chi connectivity index (χ2v) is 4.34. The number of aromatic nitrogens is 1. The van der Waals surface area contributed by atoms with E-state index < -0.39 is 11.4 Å². The molecule has 0 aliphatic rings. The minimum Gasteiger partial charge on any atom is -0.508 e. The Morgan fingerprint density at radius 1 is 1.35 bits per heavy atom. The largest absolute Gasteiger partial charge is 0.508 e. The van der Waals surface area contributed by atoms with Gasteiger partial charge in [0.1, 0.15) is 23.7 Å². The van der Waals surface area contributed by atoms with E-state index in [4.69, 9.17) is 16.3 Å². The fraction of sp³-hybridized carbons (Fsp3) is 0.0769. The molecule has 0 saturated heterocycles. The normalized spacial score (nSPS) is 10.2. The summed E-state index contributed by atoms with van der Waals surface area (Å²) in [5, 5.41) is 18.9. The predicted molar refractivity (Wildman–Crippen MR) is 71.0 cm³/mol. The predicted octanol–water partition coefficient (Wildman–Crippen LogP) is 1.80. The summed E-state index contributed by atoms with van der Waals surface area (Å²) in [5.41, 5.74) is -0.499. The maximum Gasteiger partial charge on any atom is 0.343 e. The summed E-state index contributed by atoms with van der Waals surface area (Å²) in [6.07, 6.45) is 2.61. The Kier molecular flexibility index (Phi) is 3.95. The molecule has 2 aromatic rings. The molecular formula is C13H10ClNO5. The number of carbonyl (C=O) groups excluding carboxylic acids is 1. The molecule has 2 rings (SSSR count). The summed E-state index contributed by atoms with van der Waals surface area (Å²) in [5.74, 6) is -1.30. The molecule has 0 unspecified atom stereocenters. The van der Waals surface area contributed by atoms with Crippen LogP contribution in [0.2, 0.25) is 5.02 Å². The number of ether oxygens (including phenoxy) is 1. The molecule has 1 aromatic carbocycles. The molecule has 20 heavy (non-hydrogen) atoms. The first-order valence-corrected chi connectivity index (χ1v) is 5.91. The number of esters is 1. The fourth-order valence-electron chi connectivity index (χ4n) is 1.55. The molecule has 0 saturated carbocycles. The van der Waals surface area contributed by atoms with Crippen LogP contribution < -0.4 is 5.43 Å². The van der Waals surface area contributed by atoms with E-state index in [1.54, 1.807) is 0 Å². The Labute approximate surface area is 118 Å². The van der Waals surface area contributed by atoms with E-state index in [-0.39, 0.29) is 34.3 Å². The van der Waals surface area contributed by atoms with E-state index >= 15 is 0 Å². The van der Waals surface area contributed by atoms with Gasteiger partial charge in [-0.1, -0.05) is 11.6 Å². The van der Waals surface area contributed by atoms with Crippen LogP contribution in [0.15, 0.2) is 35.4 Å². The Morgan fingerprint density at radius 2 is 2.10 bits per heavy atom. The highest BCUT2D eigenvalue weighted by molar-refractivity contribution is 6.32. The molecule has 0 fully saturated rings. The highest BCUT2D eigenvalue weighted by atomic mass is 35.5. The first-order valence-electron chi connectivity index (χ1n) is 5.53. The molecule has 0 amide bonds. The van der Waals surface area contributed by atoms with Crippen molar-refractivity contribution >= 4 is 17.6 Å². The maximum absolute atomic E-state index is 11.7. The molecule has 0 bridgehead atoms. The summed E-state index contributed by atoms with van der Waals surface area (Å²) in [6, 6.07) is 3.56. The molecule has 1 aromatic heterocycles. The zero-order valence-corrected chi connectivity index (χ0v) is 10.8. The van der Waals surface area contributed by atoms with Gasteiger partial charge in [0.2, 0.25) is 0 Å². The van der Waals surface area contributed by atoms with Gasteiger partial charge in [-0.2, -0.15) is 0 Å². The van der Waals surface area contributed by atoms with Crippen LogP contribution in [-0.2, 0) is 11.3 Å². The Bertz CT molecular complexity index is 710. The molecule has 0 atom stereocenters. The fourth-order valence-corrected chi connectivity index (χ4v) is 1.78. The summed E-state index contributed by atoms with van der Waals surface area (Å²) < 4.78 is 4.90. The number of nitrogens with one attached hydrogen (secondary N) is 1. The quantitative estimate of drug-likeness (QED) is 0.592. The van der Waals surface area contributed by atoms with Gasteiger partial charge in [0.15, 0.2) is 5.43 Å². The third-order valence-corrected chi connectivity index (χ3v) is 2.82. The molecule has 0 radical (unpaired) electrons. The van der Waals surface area contributed by atoms with Gasteiger partial charge in [-0.15, -0.1) is 0 Å². The Hall–Kier alpha value is -2.47. The van der Waals surface area contributed by atoms with Crippen molar-refractivity contribution in [2.24, 2.45) is 0 Å². The minimum atomic E-state index is -0.842. The molecule has 0 spiro atoms. The Balaban J connectivity index is 2.16. The van der Waals surface area contributed by atoms with Gasteiger partial charge < -0.3 is 19.9 Å². The van der Waals surface area contributed by atoms with E-state index in [9.17, 15) is 19.8 Å². The van der Waals surface area contributed by atoms with Crippen molar-refractivity contribution in [3.05, 3.63) is 57.0 Å². The number of carbonyl (C=O) groups is 1. The first kappa shape index (κ1) is 14.0. The molecule has 1 heterocycles. The molecule has 6 nitrogen and oxygen atoms in total. The number of hydrogen-bond acceptors (Lipinski definition) is 5. The number of benzene rings is 1. The number of halogens is 1. The monoisotopic (exact) mass is 295 g/mol. The maximum atomic E-state index is 11.7. The molecule has 0 aliphatic carbocycles. The van der Waals surface area contributed by atoms with Crippen molar-refractivity contribution < 1.29 is 19.7 Å². The number of aromatic hydroxyl groups is 2. The van der Waals surface area contributed by atoms with Gasteiger partial charge in [0.25, 0.3) is 0 Å². The van der Waals surface area contributed by atoms with Crippen LogP contribution >= 0.6 is 11.6 Å². The highest BCUT2D eigenvalue weighted by Crippen LogP contribution is 2.32. The van der Waals surface area contributed by atoms with E-state index in [0.717, 1.165) is 6.07 Å². The summed E-state index contributed by atoms with van der Waals surface area (Å²) in [7, 11) is 0. The van der Waals surface area contributed by atoms with Crippen LogP contribution in [0.25, 0.3) is 0 Å². The highest BCUT2D eigenvalue weighted by Gasteiger charge is 2.14. The van der Waals surface area contributed by atoms with Gasteiger partial charge in [-0.3, -0.25) is 4.79 Å². The van der Waals surface area contributed by atoms with Crippen LogP contribution in [-0.4, -0.2) is 21.2 Å². The average molecular weight is 296 g/mol. The van der Waals surface area contributed by atoms with Crippen LogP contribution in [0.3, 0.4) is 0 Å². The number of pyridine rings is 1. The molecule has 3 N–H and O–H groups in total. The van der Waals surface area contributed by atoms with Crippen LogP contribution in [0.1, 0.15) is 15.9 Å². The van der Waals surface area contributed by atoms with Crippen molar-refractivity contribution in [1.82, 2.24) is 4.98 Å². The smallest absolute Gasteiger partial charge is 0.343 e. The topological polar surface area (TPSA) is 99.6 Å². The molecule has 7 heteroatoms. The van der Waals surface area contributed by atoms with E-state index in [0.29, 0.717) is 0 Å². The van der Waals surface area contributed by atoms with Crippen LogP contribution in [0, 0.1) is 0 Å². The molecule has 104 valence electrons. The van der Waals surface area contributed by atoms with Crippen molar-refractivity contribution in [2.75, 3.05) is 0 Å². The zero-order valence-electron chi connectivity index (χ0n) is 10.1. The average Bonchev–Trinajstić information content (AvgIpc) is 2.41. The number of phenols is 2. The second kappa shape index (κ2) is 5.66. The lowest BCUT2D eigenvalue weighted by atomic mass is 10.2. The first-order chi connectivity index (χ1) is 9.49. The Morgan fingerprint density at radius 3 is 2.80 bits per heavy atom. The van der Waals surface area contributed by atoms with Gasteiger partial charge in [-0.05, 0) is 6.07 Å². The zero-order chi connectivity index (χ0) is 14.7. The standard InChI is InChI=1S/C13H10ClNO5/c14-10-4-8(16)3-7(12(10)18)6-20-13(19)9-5-15-2-1-11(9)17/h1-5,16,18H,6H2,(H,15,17). The van der Waals surface area contributed by atoms with E-state index in [1.165, 1.54) is 24.5 Å². The summed E-state index contributed by atoms with van der Waals surface area (Å²) in [4.78, 5) is 25.7. The third kappa shape index (κ3) is 2.92. The van der Waals surface area contributed by atoms with Crippen LogP contribution in [0.4, 0.5) is 0 Å². The van der Waals surface area contributed by atoms with Crippen molar-refractivity contribution in [3.63, 3.8) is 0 Å². The minimum absolute atomic E-state index is 0.0615. The van der Waals surface area contributed by atoms with Crippen molar-refractivity contribution in [1.29, 1.82) is 0 Å². The summed E-state index contributed by atoms with van der Waals surface area (Å²) in [6.45, 7) is -0.326. The van der Waals surface area contributed by atoms with Crippen LogP contribution in [0.5, 0.6) is 11.5 Å². The van der Waals surface area contributed by atoms with Gasteiger partial charge in [-0.25, -0.2) is 4.79 Å². The van der Waals surface area contributed by atoms with Crippen molar-refractivity contribution in [3.8, 4) is 11.5 Å². The number of rotatable bonds is 3. The SMILES string of the molecule is O=C(OCc1cc(O)cc(Cl)c1O)c1c[nH]ccc1=O. The molecule has 0 aliphatic heterocycles. The third-order valence-electron chi connectivity index (χ3n) is 2.53. The lowest BCUT2D eigenvalue weighted by molar-refractivity contribution is 0.0468. The van der Waals surface area contributed by atoms with Gasteiger partial charge >= 0.3 is 5.97 Å². The second-order valence-electron chi connectivity index (χ2n) is 3.93. The van der Waals surface area contributed by atoms with E-state index in [1.807, 2.05) is 0 Å². The molecular weight excluding hydrogens is 286 g/mol. The summed E-state index contributed by atoms with van der Waals surface area (Å²) >= 11 is 5.67. The number of hydrogen-bond donors (Lipinski definition) is 3. The van der Waals surface area contributed by atoms with Gasteiger partial charge in [0, 0.05) is 30.1 Å². The van der Waals surface area contributed by atoms with E-state index in [2.05, 4.69) is 4.98 Å². The lowest BCUT2D eigenvalue weighted by Gasteiger charge is -2.08. The van der Waals surface area contributed by atoms with Crippen molar-refractivity contribution in [2.45, 2.75) is 6.61 Å². The number of phenolic OH excluding ortho intramolecular Hbond substituents is 2. The number of H-pyrrole nitrogens is 1. The van der Waals surface area contributed by atoms with Gasteiger partial charge in [0.05, 0.1) is 5.02 Å². The number of aromatic amines is 1. The lowest BCUT2D eigenvalue weighted by Crippen LogP contribution is -2.16.